The normalized spacial score (nSPS) is 20.6. The summed E-state index contributed by atoms with van der Waals surface area (Å²) in [6.07, 6.45) is 1.61. The van der Waals surface area contributed by atoms with E-state index in [4.69, 9.17) is 9.47 Å². The second kappa shape index (κ2) is 11.5. The maximum absolute atomic E-state index is 13.3. The average molecular weight is 500 g/mol. The molecule has 2 N–H and O–H groups in total. The van der Waals surface area contributed by atoms with Gasteiger partial charge in [0.25, 0.3) is 11.8 Å². The summed E-state index contributed by atoms with van der Waals surface area (Å²) in [5.74, 6) is 0.872. The molecule has 1 saturated heterocycles. The van der Waals surface area contributed by atoms with E-state index in [1.807, 2.05) is 43.3 Å². The van der Waals surface area contributed by atoms with Crippen LogP contribution >= 0.6 is 0 Å². The zero-order chi connectivity index (χ0) is 25.6. The Bertz CT molecular complexity index is 1230. The molecule has 192 valence electrons. The third-order valence-corrected chi connectivity index (χ3v) is 7.02. The molecule has 4 bridgehead atoms. The lowest BCUT2D eigenvalue weighted by Gasteiger charge is -2.39. The average Bonchev–Trinajstić information content (AvgIpc) is 2.92. The Morgan fingerprint density at radius 1 is 1.00 bits per heavy atom. The Kier molecular flexibility index (Phi) is 7.70. The van der Waals surface area contributed by atoms with Crippen LogP contribution < -0.4 is 20.1 Å². The number of fused-ring (bicyclic) bond motifs is 7. The van der Waals surface area contributed by atoms with Gasteiger partial charge >= 0.3 is 0 Å². The van der Waals surface area contributed by atoms with Gasteiger partial charge in [0.05, 0.1) is 6.04 Å². The van der Waals surface area contributed by atoms with Gasteiger partial charge in [-0.15, -0.1) is 0 Å². The van der Waals surface area contributed by atoms with Crippen LogP contribution in [0.3, 0.4) is 0 Å². The first kappa shape index (κ1) is 24.8. The molecule has 1 fully saturated rings. The van der Waals surface area contributed by atoms with Crippen molar-refractivity contribution in [3.8, 4) is 11.5 Å². The number of nitrogens with zero attached hydrogens (tertiary/aromatic N) is 1. The number of aryl methyl sites for hydroxylation is 1. The summed E-state index contributed by atoms with van der Waals surface area (Å²) in [5.41, 5.74) is 3.64. The van der Waals surface area contributed by atoms with Gasteiger partial charge in [-0.3, -0.25) is 9.59 Å². The summed E-state index contributed by atoms with van der Waals surface area (Å²) in [6.45, 7) is 4.71. The van der Waals surface area contributed by atoms with Gasteiger partial charge in [0, 0.05) is 31.7 Å². The number of carbonyl (C=O) groups excluding carboxylic acids is 2. The number of piperidine rings is 1. The Balaban J connectivity index is 1.37. The highest BCUT2D eigenvalue weighted by Gasteiger charge is 2.32. The molecule has 3 aliphatic heterocycles. The van der Waals surface area contributed by atoms with Crippen LogP contribution in [0.15, 0.2) is 72.8 Å². The van der Waals surface area contributed by atoms with Crippen molar-refractivity contribution in [1.82, 2.24) is 15.5 Å². The standard InChI is InChI=1S/C30H33N3O4/c1-21-7-10-24-17-28(21)36-20-29(34)31-18-23-8-11-25(12-9-23)37-27-14-16-33(19-26(27)32-30(24)35)15-13-22-5-3-2-4-6-22/h2-12,17,26-27H,13-16,18-20H2,1H3,(H,31,34)(H,32,35)/t26-,27-/m0/s1. The van der Waals surface area contributed by atoms with Crippen LogP contribution in [-0.2, 0) is 17.8 Å². The highest BCUT2D eigenvalue weighted by atomic mass is 16.5. The van der Waals surface area contributed by atoms with Crippen LogP contribution in [0.2, 0.25) is 0 Å². The fraction of sp³-hybridized carbons (Fsp3) is 0.333. The number of hydrogen-bond donors (Lipinski definition) is 2. The van der Waals surface area contributed by atoms with Crippen LogP contribution in [0.5, 0.6) is 11.5 Å². The van der Waals surface area contributed by atoms with Crippen molar-refractivity contribution in [3.05, 3.63) is 95.1 Å². The van der Waals surface area contributed by atoms with Crippen molar-refractivity contribution in [2.45, 2.75) is 38.5 Å². The molecule has 3 aromatic rings. The number of hydrogen-bond acceptors (Lipinski definition) is 5. The number of likely N-dealkylation sites (tertiary alicyclic amines) is 1. The number of benzene rings is 3. The molecular weight excluding hydrogens is 466 g/mol. The van der Waals surface area contributed by atoms with Gasteiger partial charge in [0.1, 0.15) is 17.6 Å². The van der Waals surface area contributed by atoms with E-state index >= 15 is 0 Å². The number of ether oxygens (including phenoxy) is 2. The molecule has 3 heterocycles. The lowest BCUT2D eigenvalue weighted by Crippen LogP contribution is -2.57. The van der Waals surface area contributed by atoms with Crippen LogP contribution in [0.1, 0.15) is 33.5 Å². The van der Waals surface area contributed by atoms with Crippen LogP contribution in [0, 0.1) is 6.92 Å². The topological polar surface area (TPSA) is 79.9 Å². The van der Waals surface area contributed by atoms with E-state index in [1.54, 1.807) is 12.1 Å². The molecule has 0 spiro atoms. The minimum absolute atomic E-state index is 0.117. The largest absolute Gasteiger partial charge is 0.488 e. The maximum Gasteiger partial charge on any atom is 0.258 e. The zero-order valence-electron chi connectivity index (χ0n) is 21.1. The van der Waals surface area contributed by atoms with Gasteiger partial charge in [0.15, 0.2) is 6.61 Å². The third-order valence-electron chi connectivity index (χ3n) is 7.02. The molecule has 6 rings (SSSR count). The Morgan fingerprint density at radius 3 is 2.62 bits per heavy atom. The van der Waals surface area contributed by atoms with Gasteiger partial charge in [-0.1, -0.05) is 48.5 Å². The molecule has 3 aliphatic rings. The molecule has 2 atom stereocenters. The fourth-order valence-corrected chi connectivity index (χ4v) is 4.82. The van der Waals surface area contributed by atoms with E-state index in [9.17, 15) is 9.59 Å². The highest BCUT2D eigenvalue weighted by molar-refractivity contribution is 5.95. The third kappa shape index (κ3) is 6.49. The van der Waals surface area contributed by atoms with Gasteiger partial charge in [-0.05, 0) is 60.7 Å². The van der Waals surface area contributed by atoms with Crippen molar-refractivity contribution in [3.63, 3.8) is 0 Å². The van der Waals surface area contributed by atoms with E-state index in [0.717, 1.165) is 42.8 Å². The summed E-state index contributed by atoms with van der Waals surface area (Å²) < 4.78 is 12.2. The number of rotatable bonds is 3. The molecule has 37 heavy (non-hydrogen) atoms. The van der Waals surface area contributed by atoms with Gasteiger partial charge in [0.2, 0.25) is 0 Å². The number of amides is 2. The molecule has 0 aliphatic carbocycles. The van der Waals surface area contributed by atoms with Crippen molar-refractivity contribution in [2.75, 3.05) is 26.2 Å². The molecule has 2 amide bonds. The van der Waals surface area contributed by atoms with E-state index in [-0.39, 0.29) is 30.6 Å². The van der Waals surface area contributed by atoms with Crippen molar-refractivity contribution in [2.24, 2.45) is 0 Å². The Labute approximate surface area is 217 Å². The molecule has 3 aromatic carbocycles. The summed E-state index contributed by atoms with van der Waals surface area (Å²) in [4.78, 5) is 28.0. The lowest BCUT2D eigenvalue weighted by molar-refractivity contribution is -0.123. The number of nitrogens with one attached hydrogen (secondary N) is 2. The first-order chi connectivity index (χ1) is 18.0. The first-order valence-electron chi connectivity index (χ1n) is 12.9. The molecule has 7 nitrogen and oxygen atoms in total. The monoisotopic (exact) mass is 499 g/mol. The number of carbonyl (C=O) groups is 2. The molecule has 0 radical (unpaired) electrons. The Hall–Kier alpha value is -3.84. The van der Waals surface area contributed by atoms with Gasteiger partial charge in [-0.2, -0.15) is 0 Å². The molecule has 0 unspecified atom stereocenters. The first-order valence-corrected chi connectivity index (χ1v) is 12.9. The minimum Gasteiger partial charge on any atom is -0.488 e. The van der Waals surface area contributed by atoms with Crippen LogP contribution in [-0.4, -0.2) is 55.1 Å². The van der Waals surface area contributed by atoms with E-state index < -0.39 is 0 Å². The predicted molar refractivity (Wildman–Crippen MR) is 142 cm³/mol. The van der Waals surface area contributed by atoms with E-state index in [2.05, 4.69) is 39.8 Å². The molecular formula is C30H33N3O4. The lowest BCUT2D eigenvalue weighted by atomic mass is 10.00. The summed E-state index contributed by atoms with van der Waals surface area (Å²) in [7, 11) is 0. The molecule has 0 aromatic heterocycles. The van der Waals surface area contributed by atoms with E-state index in [1.165, 1.54) is 5.56 Å². The smallest absolute Gasteiger partial charge is 0.258 e. The van der Waals surface area contributed by atoms with Crippen LogP contribution in [0.4, 0.5) is 0 Å². The van der Waals surface area contributed by atoms with Crippen molar-refractivity contribution >= 4 is 11.8 Å². The van der Waals surface area contributed by atoms with Crippen molar-refractivity contribution < 1.29 is 19.1 Å². The van der Waals surface area contributed by atoms with Crippen LogP contribution in [0.25, 0.3) is 0 Å². The van der Waals surface area contributed by atoms with Gasteiger partial charge < -0.3 is 25.0 Å². The second-order valence-electron chi connectivity index (χ2n) is 9.75. The van der Waals surface area contributed by atoms with Gasteiger partial charge in [-0.25, -0.2) is 0 Å². The molecule has 7 heteroatoms. The minimum atomic E-state index is -0.222. The summed E-state index contributed by atoms with van der Waals surface area (Å²) in [5, 5.41) is 6.10. The zero-order valence-corrected chi connectivity index (χ0v) is 21.1. The van der Waals surface area contributed by atoms with Crippen molar-refractivity contribution in [1.29, 1.82) is 0 Å². The highest BCUT2D eigenvalue weighted by Crippen LogP contribution is 2.23. The maximum atomic E-state index is 13.3. The fourth-order valence-electron chi connectivity index (χ4n) is 4.82. The molecule has 0 saturated carbocycles. The summed E-state index contributed by atoms with van der Waals surface area (Å²) >= 11 is 0. The van der Waals surface area contributed by atoms with E-state index in [0.29, 0.717) is 24.4 Å². The summed E-state index contributed by atoms with van der Waals surface area (Å²) in [6, 6.07) is 23.4. The second-order valence-corrected chi connectivity index (χ2v) is 9.75. The quantitative estimate of drug-likeness (QED) is 0.577. The SMILES string of the molecule is Cc1ccc2cc1OCC(=O)NCc1ccc(cc1)O[C@H]1CCN(CCc3ccccc3)C[C@@H]1NC2=O. The Morgan fingerprint density at radius 2 is 1.81 bits per heavy atom. The predicted octanol–water partition coefficient (Wildman–Crippen LogP) is 3.50.